The highest BCUT2D eigenvalue weighted by Gasteiger charge is 2.22. The van der Waals surface area contributed by atoms with Gasteiger partial charge in [-0.1, -0.05) is 0 Å². The van der Waals surface area contributed by atoms with Crippen molar-refractivity contribution in [1.29, 1.82) is 5.26 Å². The molecule has 5 nitrogen and oxygen atoms in total. The standard InChI is InChI=1S/C14H15N5S/c1-18-7-4-8-20-14(18)10(9-15)12-17-11-5-3-6-16-13(11)19(12)2/h3,5-6H,4,7-8H2,1-2H3. The molecule has 1 aliphatic rings. The fraction of sp³-hybridized carbons (Fsp3) is 0.357. The van der Waals surface area contributed by atoms with Gasteiger partial charge in [0.25, 0.3) is 0 Å². The van der Waals surface area contributed by atoms with Crippen molar-refractivity contribution in [2.75, 3.05) is 19.3 Å². The van der Waals surface area contributed by atoms with Crippen molar-refractivity contribution in [2.24, 2.45) is 7.05 Å². The van der Waals surface area contributed by atoms with Gasteiger partial charge in [0.2, 0.25) is 0 Å². The number of nitrogens with zero attached hydrogens (tertiary/aromatic N) is 5. The van der Waals surface area contributed by atoms with Crippen LogP contribution in [0.5, 0.6) is 0 Å². The van der Waals surface area contributed by atoms with Gasteiger partial charge in [-0.05, 0) is 18.6 Å². The van der Waals surface area contributed by atoms with E-state index in [-0.39, 0.29) is 0 Å². The number of hydrogen-bond donors (Lipinski definition) is 0. The summed E-state index contributed by atoms with van der Waals surface area (Å²) in [6.07, 6.45) is 2.89. The van der Waals surface area contributed by atoms with Crippen LogP contribution in [0.2, 0.25) is 0 Å². The zero-order valence-corrected chi connectivity index (χ0v) is 12.3. The molecule has 0 amide bonds. The van der Waals surface area contributed by atoms with Crippen molar-refractivity contribution in [3.05, 3.63) is 29.2 Å². The second-order valence-electron chi connectivity index (χ2n) is 4.76. The summed E-state index contributed by atoms with van der Waals surface area (Å²) in [7, 11) is 3.93. The van der Waals surface area contributed by atoms with Gasteiger partial charge in [-0.3, -0.25) is 0 Å². The van der Waals surface area contributed by atoms with E-state index in [1.807, 2.05) is 30.8 Å². The van der Waals surface area contributed by atoms with E-state index in [1.165, 1.54) is 0 Å². The Balaban J connectivity index is 2.19. The Morgan fingerprint density at radius 1 is 1.45 bits per heavy atom. The molecule has 6 heteroatoms. The lowest BCUT2D eigenvalue weighted by Gasteiger charge is -2.27. The summed E-state index contributed by atoms with van der Waals surface area (Å²) in [4.78, 5) is 11.0. The van der Waals surface area contributed by atoms with Crippen LogP contribution in [0.25, 0.3) is 16.7 Å². The highest BCUT2D eigenvalue weighted by Crippen LogP contribution is 2.32. The Bertz CT molecular complexity index is 725. The Morgan fingerprint density at radius 2 is 2.30 bits per heavy atom. The molecule has 1 saturated heterocycles. The van der Waals surface area contributed by atoms with Crippen molar-refractivity contribution in [3.8, 4) is 6.07 Å². The molecule has 1 aliphatic heterocycles. The number of hydrogen-bond acceptors (Lipinski definition) is 5. The Hall–Kier alpha value is -2.00. The van der Waals surface area contributed by atoms with Crippen LogP contribution < -0.4 is 0 Å². The van der Waals surface area contributed by atoms with Crippen LogP contribution in [0, 0.1) is 11.3 Å². The van der Waals surface area contributed by atoms with Crippen LogP contribution >= 0.6 is 11.8 Å². The maximum atomic E-state index is 9.58. The largest absolute Gasteiger partial charge is 0.368 e. The molecule has 0 bridgehead atoms. The molecule has 0 radical (unpaired) electrons. The van der Waals surface area contributed by atoms with Gasteiger partial charge in [-0.15, -0.1) is 11.8 Å². The smallest absolute Gasteiger partial charge is 0.160 e. The molecule has 0 saturated carbocycles. The predicted molar refractivity (Wildman–Crippen MR) is 80.7 cm³/mol. The molecule has 20 heavy (non-hydrogen) atoms. The number of aromatic nitrogens is 3. The molecule has 2 aromatic heterocycles. The first-order valence-corrected chi connectivity index (χ1v) is 7.47. The summed E-state index contributed by atoms with van der Waals surface area (Å²) in [5.41, 5.74) is 2.26. The van der Waals surface area contributed by atoms with Crippen LogP contribution in [-0.4, -0.2) is 38.8 Å². The second-order valence-corrected chi connectivity index (χ2v) is 5.84. The molecule has 3 heterocycles. The van der Waals surface area contributed by atoms with Crippen molar-refractivity contribution >= 4 is 28.5 Å². The first-order chi connectivity index (χ1) is 9.72. The maximum absolute atomic E-state index is 9.58. The highest BCUT2D eigenvalue weighted by molar-refractivity contribution is 8.03. The van der Waals surface area contributed by atoms with Crippen LogP contribution in [-0.2, 0) is 7.05 Å². The first kappa shape index (κ1) is 13.0. The zero-order valence-electron chi connectivity index (χ0n) is 11.5. The van der Waals surface area contributed by atoms with E-state index in [9.17, 15) is 5.26 Å². The number of fused-ring (bicyclic) bond motifs is 1. The maximum Gasteiger partial charge on any atom is 0.160 e. The number of nitriles is 1. The van der Waals surface area contributed by atoms with E-state index in [4.69, 9.17) is 0 Å². The number of thioether (sulfide) groups is 1. The van der Waals surface area contributed by atoms with Gasteiger partial charge in [-0.25, -0.2) is 9.97 Å². The van der Waals surface area contributed by atoms with E-state index in [0.29, 0.717) is 11.4 Å². The third-order valence-corrected chi connectivity index (χ3v) is 4.68. The number of allylic oxidation sites excluding steroid dienone is 1. The van der Waals surface area contributed by atoms with Crippen LogP contribution in [0.15, 0.2) is 23.4 Å². The molecule has 0 unspecified atom stereocenters. The molecule has 0 atom stereocenters. The van der Waals surface area contributed by atoms with Crippen molar-refractivity contribution in [3.63, 3.8) is 0 Å². The van der Waals surface area contributed by atoms with Gasteiger partial charge in [0.05, 0.1) is 5.03 Å². The van der Waals surface area contributed by atoms with Crippen molar-refractivity contribution < 1.29 is 0 Å². The van der Waals surface area contributed by atoms with Gasteiger partial charge < -0.3 is 9.47 Å². The molecular weight excluding hydrogens is 270 g/mol. The minimum absolute atomic E-state index is 0.637. The molecular formula is C14H15N5S. The van der Waals surface area contributed by atoms with E-state index < -0.39 is 0 Å². The average Bonchev–Trinajstić information content (AvgIpc) is 2.80. The monoisotopic (exact) mass is 285 g/mol. The number of aryl methyl sites for hydroxylation is 1. The third-order valence-electron chi connectivity index (χ3n) is 3.40. The van der Waals surface area contributed by atoms with E-state index >= 15 is 0 Å². The fourth-order valence-corrected chi connectivity index (χ4v) is 3.45. The molecule has 0 aliphatic carbocycles. The van der Waals surface area contributed by atoms with Crippen LogP contribution in [0.3, 0.4) is 0 Å². The van der Waals surface area contributed by atoms with Gasteiger partial charge in [0, 0.05) is 32.6 Å². The average molecular weight is 285 g/mol. The SMILES string of the molecule is CN1CCCSC1=C(C#N)c1nc2cccnc2n1C. The highest BCUT2D eigenvalue weighted by atomic mass is 32.2. The molecule has 0 spiro atoms. The summed E-state index contributed by atoms with van der Waals surface area (Å²) in [6.45, 7) is 0.982. The summed E-state index contributed by atoms with van der Waals surface area (Å²) >= 11 is 1.73. The molecule has 1 fully saturated rings. The predicted octanol–water partition coefficient (Wildman–Crippen LogP) is 2.23. The van der Waals surface area contributed by atoms with Crippen molar-refractivity contribution in [2.45, 2.75) is 6.42 Å². The van der Waals surface area contributed by atoms with E-state index in [0.717, 1.165) is 34.9 Å². The van der Waals surface area contributed by atoms with E-state index in [2.05, 4.69) is 20.9 Å². The van der Waals surface area contributed by atoms with Gasteiger partial charge >= 0.3 is 0 Å². The summed E-state index contributed by atoms with van der Waals surface area (Å²) in [5.74, 6) is 1.74. The third kappa shape index (κ3) is 2.04. The molecule has 102 valence electrons. The number of imidazole rings is 1. The fourth-order valence-electron chi connectivity index (χ4n) is 2.39. The molecule has 0 aromatic carbocycles. The Labute approximate surface area is 121 Å². The number of pyridine rings is 1. The normalized spacial score (nSPS) is 18.1. The van der Waals surface area contributed by atoms with Crippen molar-refractivity contribution in [1.82, 2.24) is 19.4 Å². The molecule has 0 N–H and O–H groups in total. The minimum Gasteiger partial charge on any atom is -0.368 e. The molecule has 3 rings (SSSR count). The lowest BCUT2D eigenvalue weighted by molar-refractivity contribution is 0.438. The Morgan fingerprint density at radius 3 is 3.00 bits per heavy atom. The topological polar surface area (TPSA) is 57.7 Å². The van der Waals surface area contributed by atoms with Crippen LogP contribution in [0.4, 0.5) is 0 Å². The second kappa shape index (κ2) is 5.17. The lowest BCUT2D eigenvalue weighted by atomic mass is 10.3. The van der Waals surface area contributed by atoms with Gasteiger partial charge in [-0.2, -0.15) is 5.26 Å². The quantitative estimate of drug-likeness (QED) is 0.752. The zero-order chi connectivity index (χ0) is 14.1. The summed E-state index contributed by atoms with van der Waals surface area (Å²) < 4.78 is 1.89. The van der Waals surface area contributed by atoms with E-state index in [1.54, 1.807) is 18.0 Å². The molecule has 2 aromatic rings. The van der Waals surface area contributed by atoms with Gasteiger partial charge in [0.15, 0.2) is 11.5 Å². The number of rotatable bonds is 1. The summed E-state index contributed by atoms with van der Waals surface area (Å²) in [6, 6.07) is 6.11. The van der Waals surface area contributed by atoms with Gasteiger partial charge in [0.1, 0.15) is 17.2 Å². The van der Waals surface area contributed by atoms with Crippen LogP contribution in [0.1, 0.15) is 12.2 Å². The summed E-state index contributed by atoms with van der Waals surface area (Å²) in [5, 5.41) is 10.6. The first-order valence-electron chi connectivity index (χ1n) is 6.48. The Kier molecular flexibility index (Phi) is 3.36. The minimum atomic E-state index is 0.637. The lowest BCUT2D eigenvalue weighted by Crippen LogP contribution is -2.23.